The number of para-hydroxylation sites is 2. The van der Waals surface area contributed by atoms with Crippen LogP contribution in [-0.4, -0.2) is 32.6 Å². The zero-order valence-corrected chi connectivity index (χ0v) is 13.4. The number of aromatic nitrogens is 4. The second-order valence-electron chi connectivity index (χ2n) is 6.05. The first-order chi connectivity index (χ1) is 11.3. The van der Waals surface area contributed by atoms with Crippen LogP contribution in [0, 0.1) is 0 Å². The Morgan fingerprint density at radius 3 is 2.65 bits per heavy atom. The number of hydrogen-bond acceptors (Lipinski definition) is 4. The highest BCUT2D eigenvalue weighted by Crippen LogP contribution is 2.29. The van der Waals surface area contributed by atoms with Gasteiger partial charge >= 0.3 is 0 Å². The molecule has 0 unspecified atom stereocenters. The molecule has 1 aromatic carbocycles. The highest BCUT2D eigenvalue weighted by atomic mass is 15.2. The zero-order chi connectivity index (χ0) is 15.6. The van der Waals surface area contributed by atoms with Gasteiger partial charge in [0.1, 0.15) is 11.6 Å². The van der Waals surface area contributed by atoms with Gasteiger partial charge in [0.25, 0.3) is 0 Å². The summed E-state index contributed by atoms with van der Waals surface area (Å²) in [5.41, 5.74) is 1.92. The minimum Gasteiger partial charge on any atom is -0.355 e. The molecule has 0 radical (unpaired) electrons. The third kappa shape index (κ3) is 2.67. The molecule has 0 bridgehead atoms. The van der Waals surface area contributed by atoms with E-state index in [9.17, 15) is 0 Å². The van der Waals surface area contributed by atoms with Crippen LogP contribution in [0.5, 0.6) is 0 Å². The van der Waals surface area contributed by atoms with Crippen molar-refractivity contribution in [1.82, 2.24) is 19.5 Å². The largest absolute Gasteiger partial charge is 0.355 e. The van der Waals surface area contributed by atoms with Crippen LogP contribution in [0.1, 0.15) is 31.5 Å². The Balaban J connectivity index is 1.50. The Hall–Kier alpha value is -2.43. The van der Waals surface area contributed by atoms with Gasteiger partial charge in [0.2, 0.25) is 0 Å². The van der Waals surface area contributed by atoms with Gasteiger partial charge in [-0.05, 0) is 31.9 Å². The molecule has 118 valence electrons. The number of fused-ring (bicyclic) bond motifs is 1. The smallest absolute Gasteiger partial charge is 0.147 e. The molecular formula is C18H21N5. The monoisotopic (exact) mass is 307 g/mol. The maximum absolute atomic E-state index is 4.76. The van der Waals surface area contributed by atoms with Crippen LogP contribution in [0.4, 0.5) is 5.82 Å². The summed E-state index contributed by atoms with van der Waals surface area (Å²) in [5, 5.41) is 0. The van der Waals surface area contributed by atoms with Crippen LogP contribution in [0.3, 0.4) is 0 Å². The molecule has 0 aliphatic carbocycles. The van der Waals surface area contributed by atoms with Crippen LogP contribution in [0.2, 0.25) is 0 Å². The third-order valence-corrected chi connectivity index (χ3v) is 4.71. The third-order valence-electron chi connectivity index (χ3n) is 4.71. The van der Waals surface area contributed by atoms with E-state index < -0.39 is 0 Å². The number of hydrogen-bond donors (Lipinski definition) is 0. The molecule has 0 amide bonds. The maximum atomic E-state index is 4.76. The molecule has 1 aliphatic heterocycles. The van der Waals surface area contributed by atoms with E-state index in [1.807, 2.05) is 36.7 Å². The van der Waals surface area contributed by atoms with Gasteiger partial charge < -0.3 is 9.47 Å². The first-order valence-corrected chi connectivity index (χ1v) is 8.33. The molecule has 0 spiro atoms. The predicted octanol–water partition coefficient (Wildman–Crippen LogP) is 3.23. The lowest BCUT2D eigenvalue weighted by Crippen LogP contribution is -2.34. The molecule has 23 heavy (non-hydrogen) atoms. The Morgan fingerprint density at radius 1 is 1.09 bits per heavy atom. The minimum atomic E-state index is 0.551. The van der Waals surface area contributed by atoms with Crippen molar-refractivity contribution in [3.8, 4) is 0 Å². The summed E-state index contributed by atoms with van der Waals surface area (Å²) in [7, 11) is 0. The summed E-state index contributed by atoms with van der Waals surface area (Å²) in [6, 6.07) is 8.04. The summed E-state index contributed by atoms with van der Waals surface area (Å²) in [6.45, 7) is 5.18. The lowest BCUT2D eigenvalue weighted by atomic mass is 9.96. The van der Waals surface area contributed by atoms with Crippen molar-refractivity contribution in [2.45, 2.75) is 32.2 Å². The quantitative estimate of drug-likeness (QED) is 0.745. The minimum absolute atomic E-state index is 0.551. The molecule has 1 fully saturated rings. The predicted molar refractivity (Wildman–Crippen MR) is 91.6 cm³/mol. The lowest BCUT2D eigenvalue weighted by Gasteiger charge is -2.32. The van der Waals surface area contributed by atoms with Gasteiger partial charge in [-0.15, -0.1) is 0 Å². The molecule has 0 atom stereocenters. The first-order valence-electron chi connectivity index (χ1n) is 8.33. The fourth-order valence-electron chi connectivity index (χ4n) is 3.41. The van der Waals surface area contributed by atoms with Crippen LogP contribution >= 0.6 is 0 Å². The SMILES string of the molecule is CCn1ccnc1C1CCN(c2cnc3ccccc3n2)CC1. The van der Waals surface area contributed by atoms with Crippen molar-refractivity contribution >= 4 is 16.9 Å². The van der Waals surface area contributed by atoms with E-state index in [2.05, 4.69) is 32.6 Å². The molecule has 3 heterocycles. The first kappa shape index (κ1) is 14.2. The lowest BCUT2D eigenvalue weighted by molar-refractivity contribution is 0.466. The molecule has 0 saturated carbocycles. The van der Waals surface area contributed by atoms with Crippen LogP contribution in [0.25, 0.3) is 11.0 Å². The van der Waals surface area contributed by atoms with E-state index in [0.29, 0.717) is 5.92 Å². The topological polar surface area (TPSA) is 46.8 Å². The maximum Gasteiger partial charge on any atom is 0.147 e. The van der Waals surface area contributed by atoms with Crippen molar-refractivity contribution in [2.75, 3.05) is 18.0 Å². The van der Waals surface area contributed by atoms with Crippen molar-refractivity contribution < 1.29 is 0 Å². The highest BCUT2D eigenvalue weighted by Gasteiger charge is 2.24. The molecule has 5 nitrogen and oxygen atoms in total. The summed E-state index contributed by atoms with van der Waals surface area (Å²) in [5.74, 6) is 2.77. The second-order valence-corrected chi connectivity index (χ2v) is 6.05. The Morgan fingerprint density at radius 2 is 1.87 bits per heavy atom. The number of aryl methyl sites for hydroxylation is 1. The number of piperidine rings is 1. The van der Waals surface area contributed by atoms with E-state index >= 15 is 0 Å². The van der Waals surface area contributed by atoms with Gasteiger partial charge in [0, 0.05) is 37.9 Å². The van der Waals surface area contributed by atoms with E-state index in [1.165, 1.54) is 5.82 Å². The van der Waals surface area contributed by atoms with Gasteiger partial charge in [-0.3, -0.25) is 4.98 Å². The summed E-state index contributed by atoms with van der Waals surface area (Å²) in [6.07, 6.45) is 8.13. The molecule has 4 rings (SSSR count). The van der Waals surface area contributed by atoms with Gasteiger partial charge in [0.05, 0.1) is 17.2 Å². The van der Waals surface area contributed by atoms with Crippen molar-refractivity contribution in [2.24, 2.45) is 0 Å². The van der Waals surface area contributed by atoms with E-state index in [1.54, 1.807) is 0 Å². The second kappa shape index (κ2) is 5.99. The van der Waals surface area contributed by atoms with Gasteiger partial charge in [-0.25, -0.2) is 9.97 Å². The number of benzene rings is 1. The Labute approximate surface area is 136 Å². The summed E-state index contributed by atoms with van der Waals surface area (Å²) in [4.78, 5) is 16.2. The average molecular weight is 307 g/mol. The van der Waals surface area contributed by atoms with Crippen LogP contribution in [0.15, 0.2) is 42.9 Å². The number of anilines is 1. The molecule has 2 aromatic heterocycles. The van der Waals surface area contributed by atoms with E-state index in [-0.39, 0.29) is 0 Å². The van der Waals surface area contributed by atoms with Crippen molar-refractivity contribution in [3.63, 3.8) is 0 Å². The Kier molecular flexibility index (Phi) is 3.69. The average Bonchev–Trinajstić information content (AvgIpc) is 3.10. The molecule has 3 aromatic rings. The fraction of sp³-hybridized carbons (Fsp3) is 0.389. The highest BCUT2D eigenvalue weighted by molar-refractivity contribution is 5.75. The van der Waals surface area contributed by atoms with Gasteiger partial charge in [0.15, 0.2) is 0 Å². The molecule has 1 aliphatic rings. The van der Waals surface area contributed by atoms with Gasteiger partial charge in [-0.2, -0.15) is 0 Å². The van der Waals surface area contributed by atoms with Crippen molar-refractivity contribution in [3.05, 3.63) is 48.7 Å². The number of rotatable bonds is 3. The summed E-state index contributed by atoms with van der Waals surface area (Å²) < 4.78 is 2.26. The number of nitrogens with zero attached hydrogens (tertiary/aromatic N) is 5. The number of imidazole rings is 1. The van der Waals surface area contributed by atoms with Crippen LogP contribution < -0.4 is 4.90 Å². The normalized spacial score (nSPS) is 16.1. The Bertz CT molecular complexity index is 802. The zero-order valence-electron chi connectivity index (χ0n) is 13.4. The van der Waals surface area contributed by atoms with Crippen molar-refractivity contribution in [1.29, 1.82) is 0 Å². The van der Waals surface area contributed by atoms with E-state index in [4.69, 9.17) is 4.98 Å². The van der Waals surface area contributed by atoms with Gasteiger partial charge in [-0.1, -0.05) is 12.1 Å². The molecule has 0 N–H and O–H groups in total. The molecule has 1 saturated heterocycles. The molecule has 5 heteroatoms. The summed E-state index contributed by atoms with van der Waals surface area (Å²) >= 11 is 0. The molecular weight excluding hydrogens is 286 g/mol. The standard InChI is InChI=1S/C18H21N5/c1-2-22-12-9-19-18(22)14-7-10-23(11-8-14)17-13-20-15-5-3-4-6-16(15)21-17/h3-6,9,12-14H,2,7-8,10-11H2,1H3. The fourth-order valence-corrected chi connectivity index (χ4v) is 3.41. The van der Waals surface area contributed by atoms with E-state index in [0.717, 1.165) is 49.3 Å². The van der Waals surface area contributed by atoms with Crippen LogP contribution in [-0.2, 0) is 6.54 Å².